The fourth-order valence-corrected chi connectivity index (χ4v) is 4.64. The van der Waals surface area contributed by atoms with Crippen LogP contribution in [0.15, 0.2) is 70.2 Å². The summed E-state index contributed by atoms with van der Waals surface area (Å²) in [4.78, 5) is 12.9. The Bertz CT molecular complexity index is 1150. The van der Waals surface area contributed by atoms with Gasteiger partial charge in [-0.3, -0.25) is 4.79 Å². The zero-order valence-corrected chi connectivity index (χ0v) is 18.8. The lowest BCUT2D eigenvalue weighted by molar-refractivity contribution is 0.0917. The molecule has 0 saturated carbocycles. The monoisotopic (exact) mass is 465 g/mol. The van der Waals surface area contributed by atoms with Gasteiger partial charge in [-0.05, 0) is 35.9 Å². The highest BCUT2D eigenvalue weighted by Crippen LogP contribution is 2.29. The molecule has 3 aromatic rings. The number of sulfone groups is 1. The normalized spacial score (nSPS) is 12.0. The molecule has 0 saturated heterocycles. The standard InChI is InChI=1S/C22H21Cl2NO4S/c1-22(2,16-8-9-18(23)19(24)12-16)14-25-21(26)20-15(10-11-29-20)13-30(27,28)17-6-4-3-5-7-17/h3-12H,13-14H2,1-2H3,(H,25,26). The van der Waals surface area contributed by atoms with Crippen molar-refractivity contribution in [1.29, 1.82) is 0 Å². The van der Waals surface area contributed by atoms with E-state index in [0.29, 0.717) is 15.6 Å². The molecule has 5 nitrogen and oxygen atoms in total. The summed E-state index contributed by atoms with van der Waals surface area (Å²) in [5.74, 6) is -0.822. The molecule has 0 unspecified atom stereocenters. The summed E-state index contributed by atoms with van der Waals surface area (Å²) in [7, 11) is -3.60. The van der Waals surface area contributed by atoms with Gasteiger partial charge in [-0.1, -0.05) is 61.3 Å². The van der Waals surface area contributed by atoms with Crippen LogP contribution in [0.1, 0.15) is 35.5 Å². The van der Waals surface area contributed by atoms with Gasteiger partial charge in [0.05, 0.1) is 27.0 Å². The van der Waals surface area contributed by atoms with E-state index >= 15 is 0 Å². The Morgan fingerprint density at radius 2 is 1.73 bits per heavy atom. The highest BCUT2D eigenvalue weighted by Gasteiger charge is 2.26. The molecule has 0 aliphatic carbocycles. The lowest BCUT2D eigenvalue weighted by Crippen LogP contribution is -2.37. The van der Waals surface area contributed by atoms with Gasteiger partial charge in [0, 0.05) is 17.5 Å². The Morgan fingerprint density at radius 1 is 1.03 bits per heavy atom. The number of hydrogen-bond donors (Lipinski definition) is 1. The molecule has 30 heavy (non-hydrogen) atoms. The highest BCUT2D eigenvalue weighted by atomic mass is 35.5. The average molecular weight is 466 g/mol. The Balaban J connectivity index is 1.73. The van der Waals surface area contributed by atoms with Crippen molar-refractivity contribution in [1.82, 2.24) is 5.32 Å². The largest absolute Gasteiger partial charge is 0.459 e. The van der Waals surface area contributed by atoms with Crippen LogP contribution in [0, 0.1) is 0 Å². The lowest BCUT2D eigenvalue weighted by atomic mass is 9.84. The van der Waals surface area contributed by atoms with Gasteiger partial charge in [0.1, 0.15) is 0 Å². The van der Waals surface area contributed by atoms with Crippen LogP contribution in [-0.4, -0.2) is 20.9 Å². The van der Waals surface area contributed by atoms with Gasteiger partial charge < -0.3 is 9.73 Å². The number of benzene rings is 2. The van der Waals surface area contributed by atoms with Crippen molar-refractivity contribution in [2.24, 2.45) is 0 Å². The Morgan fingerprint density at radius 3 is 2.40 bits per heavy atom. The number of carbonyl (C=O) groups excluding carboxylic acids is 1. The van der Waals surface area contributed by atoms with E-state index in [1.54, 1.807) is 30.3 Å². The summed E-state index contributed by atoms with van der Waals surface area (Å²) in [6, 6.07) is 14.9. The number of halogens is 2. The molecule has 8 heteroatoms. The van der Waals surface area contributed by atoms with Crippen molar-refractivity contribution >= 4 is 38.9 Å². The minimum atomic E-state index is -3.60. The summed E-state index contributed by atoms with van der Waals surface area (Å²) < 4.78 is 30.6. The highest BCUT2D eigenvalue weighted by molar-refractivity contribution is 7.90. The van der Waals surface area contributed by atoms with E-state index in [-0.39, 0.29) is 23.0 Å². The second-order valence-electron chi connectivity index (χ2n) is 7.54. The third-order valence-corrected chi connectivity index (χ3v) is 7.21. The minimum Gasteiger partial charge on any atom is -0.459 e. The van der Waals surface area contributed by atoms with Gasteiger partial charge in [-0.15, -0.1) is 0 Å². The van der Waals surface area contributed by atoms with E-state index in [0.717, 1.165) is 5.56 Å². The molecule has 2 aromatic carbocycles. The Kier molecular flexibility index (Phi) is 6.60. The first-order valence-corrected chi connectivity index (χ1v) is 11.6. The van der Waals surface area contributed by atoms with Crippen LogP contribution in [0.4, 0.5) is 0 Å². The van der Waals surface area contributed by atoms with Crippen molar-refractivity contribution in [2.45, 2.75) is 29.9 Å². The van der Waals surface area contributed by atoms with E-state index in [1.807, 2.05) is 19.9 Å². The van der Waals surface area contributed by atoms with Crippen LogP contribution >= 0.6 is 23.2 Å². The van der Waals surface area contributed by atoms with Crippen LogP contribution in [0.2, 0.25) is 10.0 Å². The van der Waals surface area contributed by atoms with E-state index in [4.69, 9.17) is 27.6 Å². The molecule has 1 aromatic heterocycles. The summed E-state index contributed by atoms with van der Waals surface area (Å²) in [5.41, 5.74) is 0.777. The first-order chi connectivity index (χ1) is 14.1. The zero-order chi connectivity index (χ0) is 21.9. The number of nitrogens with one attached hydrogen (secondary N) is 1. The van der Waals surface area contributed by atoms with Gasteiger partial charge in [0.2, 0.25) is 0 Å². The first-order valence-electron chi connectivity index (χ1n) is 9.18. The Hall–Kier alpha value is -2.28. The molecule has 1 amide bonds. The maximum atomic E-state index is 12.7. The molecular formula is C22H21Cl2NO4S. The van der Waals surface area contributed by atoms with Gasteiger partial charge in [-0.2, -0.15) is 0 Å². The van der Waals surface area contributed by atoms with Crippen LogP contribution in [0.25, 0.3) is 0 Å². The average Bonchev–Trinajstić information content (AvgIpc) is 3.16. The molecule has 0 bridgehead atoms. The molecule has 0 fully saturated rings. The third-order valence-electron chi connectivity index (χ3n) is 4.79. The predicted octanol–water partition coefficient (Wildman–Crippen LogP) is 5.27. The first kappa shape index (κ1) is 22.4. The van der Waals surface area contributed by atoms with E-state index < -0.39 is 21.2 Å². The molecule has 0 spiro atoms. The number of rotatable bonds is 7. The van der Waals surface area contributed by atoms with Crippen LogP contribution in [0.3, 0.4) is 0 Å². The second-order valence-corrected chi connectivity index (χ2v) is 10.3. The van der Waals surface area contributed by atoms with Gasteiger partial charge in [-0.25, -0.2) is 8.42 Å². The maximum Gasteiger partial charge on any atom is 0.287 e. The molecule has 158 valence electrons. The van der Waals surface area contributed by atoms with Crippen LogP contribution in [0.5, 0.6) is 0 Å². The molecule has 0 aliphatic heterocycles. The molecule has 1 N–H and O–H groups in total. The van der Waals surface area contributed by atoms with Crippen LogP contribution < -0.4 is 5.32 Å². The smallest absolute Gasteiger partial charge is 0.287 e. The third kappa shape index (κ3) is 5.06. The SMILES string of the molecule is CC(C)(CNC(=O)c1occc1CS(=O)(=O)c1ccccc1)c1ccc(Cl)c(Cl)c1. The fourth-order valence-electron chi connectivity index (χ4n) is 2.97. The van der Waals surface area contributed by atoms with Crippen molar-refractivity contribution in [3.8, 4) is 0 Å². The number of carbonyl (C=O) groups is 1. The fraction of sp³-hybridized carbons (Fsp3) is 0.227. The Labute approximate surface area is 185 Å². The molecule has 3 rings (SSSR count). The van der Waals surface area contributed by atoms with Crippen LogP contribution in [-0.2, 0) is 21.0 Å². The molecule has 0 aliphatic rings. The van der Waals surface area contributed by atoms with Crippen molar-refractivity contribution in [3.05, 3.63) is 87.8 Å². The quantitative estimate of drug-likeness (QED) is 0.515. The van der Waals surface area contributed by atoms with E-state index in [9.17, 15) is 13.2 Å². The number of amides is 1. The summed E-state index contributed by atoms with van der Waals surface area (Å²) in [6.45, 7) is 4.20. The topological polar surface area (TPSA) is 76.4 Å². The maximum absolute atomic E-state index is 12.7. The second kappa shape index (κ2) is 8.84. The summed E-state index contributed by atoms with van der Waals surface area (Å²) >= 11 is 12.1. The van der Waals surface area contributed by atoms with Gasteiger partial charge in [0.25, 0.3) is 5.91 Å². The predicted molar refractivity (Wildman–Crippen MR) is 118 cm³/mol. The number of furan rings is 1. The summed E-state index contributed by atoms with van der Waals surface area (Å²) in [5, 5.41) is 3.72. The lowest BCUT2D eigenvalue weighted by Gasteiger charge is -2.26. The van der Waals surface area contributed by atoms with Gasteiger partial charge in [0.15, 0.2) is 15.6 Å². The van der Waals surface area contributed by atoms with E-state index in [1.165, 1.54) is 24.5 Å². The zero-order valence-electron chi connectivity index (χ0n) is 16.5. The summed E-state index contributed by atoms with van der Waals surface area (Å²) in [6.07, 6.45) is 1.31. The van der Waals surface area contributed by atoms with Crippen molar-refractivity contribution < 1.29 is 17.6 Å². The minimum absolute atomic E-state index is 0.0144. The van der Waals surface area contributed by atoms with Crippen molar-refractivity contribution in [2.75, 3.05) is 6.54 Å². The molecule has 0 atom stereocenters. The van der Waals surface area contributed by atoms with E-state index in [2.05, 4.69) is 5.32 Å². The number of hydrogen-bond acceptors (Lipinski definition) is 4. The molecule has 1 heterocycles. The molecular weight excluding hydrogens is 445 g/mol. The molecule has 0 radical (unpaired) electrons. The van der Waals surface area contributed by atoms with Gasteiger partial charge >= 0.3 is 0 Å². The van der Waals surface area contributed by atoms with Crippen molar-refractivity contribution in [3.63, 3.8) is 0 Å².